The van der Waals surface area contributed by atoms with Crippen LogP contribution in [0.5, 0.6) is 5.75 Å². The number of ether oxygens (including phenoxy) is 1. The van der Waals surface area contributed by atoms with Gasteiger partial charge >= 0.3 is 0 Å². The fraction of sp³-hybridized carbons (Fsp3) is 0.462. The fourth-order valence-corrected chi connectivity index (χ4v) is 2.33. The molecule has 1 aliphatic rings. The molecule has 0 bridgehead atoms. The van der Waals surface area contributed by atoms with E-state index in [-0.39, 0.29) is 0 Å². The average Bonchev–Trinajstić information content (AvgIpc) is 2.29. The minimum atomic E-state index is 0.654. The van der Waals surface area contributed by atoms with E-state index in [4.69, 9.17) is 4.74 Å². The van der Waals surface area contributed by atoms with Crippen LogP contribution in [0.15, 0.2) is 24.3 Å². The number of quaternary nitrogens is 1. The number of hydrogen-bond donors (Lipinski definition) is 1. The molecule has 2 atom stereocenters. The monoisotopic (exact) mass is 205 g/mol. The van der Waals surface area contributed by atoms with Crippen LogP contribution in [0.25, 0.3) is 0 Å². The van der Waals surface area contributed by atoms with Gasteiger partial charge in [0.2, 0.25) is 0 Å². The van der Waals surface area contributed by atoms with Gasteiger partial charge < -0.3 is 9.64 Å². The predicted octanol–water partition coefficient (Wildman–Crippen LogP) is 1.25. The standard InChI is InChI=1S/C13H19NO/c1-14-8-4-6-12(10-14)11-5-3-7-13(9-11)15-2/h3,5,7,9,12,14H,1,4,6,8,10H2,2H3. The summed E-state index contributed by atoms with van der Waals surface area (Å²) in [6.45, 7) is 2.35. The molecule has 1 fully saturated rings. The van der Waals surface area contributed by atoms with Crippen LogP contribution in [0.4, 0.5) is 0 Å². The predicted molar refractivity (Wildman–Crippen MR) is 61.0 cm³/mol. The van der Waals surface area contributed by atoms with Crippen LogP contribution in [0.2, 0.25) is 0 Å². The summed E-state index contributed by atoms with van der Waals surface area (Å²) in [7, 11) is 5.82. The molecule has 0 spiro atoms. The largest absolute Gasteiger partial charge is 0.497 e. The second-order valence-electron chi connectivity index (χ2n) is 4.32. The fourth-order valence-electron chi connectivity index (χ4n) is 2.33. The van der Waals surface area contributed by atoms with Crippen molar-refractivity contribution in [2.75, 3.05) is 20.2 Å². The van der Waals surface area contributed by atoms with Crippen LogP contribution in [-0.2, 0) is 0 Å². The number of nitrogens with one attached hydrogen (secondary N) is 1. The highest BCUT2D eigenvalue weighted by Gasteiger charge is 2.19. The van der Waals surface area contributed by atoms with Crippen molar-refractivity contribution in [3.63, 3.8) is 0 Å². The highest BCUT2D eigenvalue weighted by molar-refractivity contribution is 5.30. The number of methoxy groups -OCH3 is 1. The Balaban J connectivity index is 2.13. The third-order valence-corrected chi connectivity index (χ3v) is 3.18. The highest BCUT2D eigenvalue weighted by Crippen LogP contribution is 2.24. The van der Waals surface area contributed by atoms with Gasteiger partial charge in [0, 0.05) is 5.92 Å². The molecule has 2 nitrogen and oxygen atoms in total. The molecule has 2 heteroatoms. The molecule has 1 aromatic rings. The van der Waals surface area contributed by atoms with Crippen LogP contribution < -0.4 is 9.64 Å². The molecule has 82 valence electrons. The maximum Gasteiger partial charge on any atom is 0.119 e. The van der Waals surface area contributed by atoms with E-state index in [1.54, 1.807) is 7.11 Å². The smallest absolute Gasteiger partial charge is 0.119 e. The van der Waals surface area contributed by atoms with Gasteiger partial charge in [-0.1, -0.05) is 12.1 Å². The first-order chi connectivity index (χ1) is 7.29. The first-order valence-electron chi connectivity index (χ1n) is 5.60. The van der Waals surface area contributed by atoms with E-state index in [9.17, 15) is 0 Å². The van der Waals surface area contributed by atoms with Gasteiger partial charge in [0.25, 0.3) is 0 Å². The summed E-state index contributed by atoms with van der Waals surface area (Å²) in [5.41, 5.74) is 1.40. The van der Waals surface area contributed by atoms with Crippen molar-refractivity contribution in [1.29, 1.82) is 0 Å². The van der Waals surface area contributed by atoms with Crippen LogP contribution in [0.1, 0.15) is 24.3 Å². The van der Waals surface area contributed by atoms with Gasteiger partial charge in [-0.2, -0.15) is 7.05 Å². The first kappa shape index (κ1) is 10.5. The Hall–Kier alpha value is -1.02. The zero-order valence-electron chi connectivity index (χ0n) is 9.33. The Morgan fingerprint density at radius 2 is 2.33 bits per heavy atom. The Kier molecular flexibility index (Phi) is 3.27. The van der Waals surface area contributed by atoms with Crippen LogP contribution in [0.3, 0.4) is 0 Å². The van der Waals surface area contributed by atoms with Crippen molar-refractivity contribution in [1.82, 2.24) is 0 Å². The molecule has 0 radical (unpaired) electrons. The van der Waals surface area contributed by atoms with Crippen LogP contribution in [-0.4, -0.2) is 20.2 Å². The normalized spacial score (nSPS) is 26.3. The first-order valence-corrected chi connectivity index (χ1v) is 5.60. The van der Waals surface area contributed by atoms with Gasteiger partial charge in [-0.05, 0) is 30.5 Å². The second kappa shape index (κ2) is 4.67. The summed E-state index contributed by atoms with van der Waals surface area (Å²) in [6.07, 6.45) is 2.56. The third-order valence-electron chi connectivity index (χ3n) is 3.18. The van der Waals surface area contributed by atoms with E-state index in [1.165, 1.54) is 29.8 Å². The van der Waals surface area contributed by atoms with Crippen LogP contribution >= 0.6 is 0 Å². The maximum absolute atomic E-state index is 5.25. The number of piperidine rings is 1. The summed E-state index contributed by atoms with van der Waals surface area (Å²) in [6, 6.07) is 8.43. The van der Waals surface area contributed by atoms with Crippen molar-refractivity contribution in [3.8, 4) is 5.75 Å². The van der Waals surface area contributed by atoms with Gasteiger partial charge in [0.1, 0.15) is 5.75 Å². The Morgan fingerprint density at radius 1 is 1.47 bits per heavy atom. The minimum absolute atomic E-state index is 0.654. The molecule has 1 heterocycles. The molecule has 1 N–H and O–H groups in total. The summed E-state index contributed by atoms with van der Waals surface area (Å²) in [4.78, 5) is 1.40. The van der Waals surface area contributed by atoms with E-state index >= 15 is 0 Å². The lowest BCUT2D eigenvalue weighted by molar-refractivity contribution is -0.860. The quantitative estimate of drug-likeness (QED) is 0.717. The zero-order valence-corrected chi connectivity index (χ0v) is 9.33. The SMILES string of the molecule is [CH2-][NH+]1CCCC(c2cccc(OC)c2)C1. The summed E-state index contributed by atoms with van der Waals surface area (Å²) in [5, 5.41) is 0. The topological polar surface area (TPSA) is 13.7 Å². The molecule has 0 amide bonds. The van der Waals surface area contributed by atoms with E-state index in [0.717, 1.165) is 12.3 Å². The lowest BCUT2D eigenvalue weighted by Gasteiger charge is -2.32. The Bertz CT molecular complexity index is 324. The van der Waals surface area contributed by atoms with Crippen molar-refractivity contribution in [3.05, 3.63) is 36.9 Å². The summed E-state index contributed by atoms with van der Waals surface area (Å²) in [5.74, 6) is 1.62. The molecule has 0 saturated carbocycles. The Labute approximate surface area is 91.9 Å². The molecule has 1 saturated heterocycles. The summed E-state index contributed by atoms with van der Waals surface area (Å²) >= 11 is 0. The Morgan fingerprint density at radius 3 is 3.07 bits per heavy atom. The number of benzene rings is 1. The molecule has 15 heavy (non-hydrogen) atoms. The van der Waals surface area contributed by atoms with Crippen molar-refractivity contribution >= 4 is 0 Å². The molecule has 2 unspecified atom stereocenters. The van der Waals surface area contributed by atoms with Crippen molar-refractivity contribution < 1.29 is 9.64 Å². The van der Waals surface area contributed by atoms with Gasteiger partial charge in [0.05, 0.1) is 20.2 Å². The zero-order chi connectivity index (χ0) is 10.7. The molecule has 0 aliphatic carbocycles. The van der Waals surface area contributed by atoms with Gasteiger partial charge in [-0.15, -0.1) is 0 Å². The molecule has 0 aromatic heterocycles. The molecular weight excluding hydrogens is 186 g/mol. The number of rotatable bonds is 2. The van der Waals surface area contributed by atoms with Gasteiger partial charge in [-0.3, -0.25) is 0 Å². The van der Waals surface area contributed by atoms with Crippen molar-refractivity contribution in [2.45, 2.75) is 18.8 Å². The number of likely N-dealkylation sites (tertiary alicyclic amines) is 1. The van der Waals surface area contributed by atoms with E-state index in [0.29, 0.717) is 5.92 Å². The van der Waals surface area contributed by atoms with E-state index < -0.39 is 0 Å². The average molecular weight is 205 g/mol. The molecule has 1 aromatic carbocycles. The number of hydrogen-bond acceptors (Lipinski definition) is 1. The van der Waals surface area contributed by atoms with E-state index in [2.05, 4.69) is 25.2 Å². The van der Waals surface area contributed by atoms with Crippen LogP contribution in [0, 0.1) is 7.05 Å². The van der Waals surface area contributed by atoms with Gasteiger partial charge in [0.15, 0.2) is 0 Å². The van der Waals surface area contributed by atoms with Crippen molar-refractivity contribution in [2.24, 2.45) is 0 Å². The summed E-state index contributed by atoms with van der Waals surface area (Å²) < 4.78 is 5.25. The lowest BCUT2D eigenvalue weighted by Crippen LogP contribution is -3.08. The minimum Gasteiger partial charge on any atom is -0.497 e. The lowest BCUT2D eigenvalue weighted by atomic mass is 9.91. The molecule has 1 aliphatic heterocycles. The maximum atomic E-state index is 5.25. The highest BCUT2D eigenvalue weighted by atomic mass is 16.5. The van der Waals surface area contributed by atoms with Gasteiger partial charge in [-0.25, -0.2) is 0 Å². The second-order valence-corrected chi connectivity index (χ2v) is 4.32. The third kappa shape index (κ3) is 2.51. The van der Waals surface area contributed by atoms with E-state index in [1.807, 2.05) is 6.07 Å². The molecular formula is C13H19NO. The molecule has 2 rings (SSSR count).